The Labute approximate surface area is 106 Å². The van der Waals surface area contributed by atoms with Gasteiger partial charge in [-0.1, -0.05) is 18.2 Å². The Morgan fingerprint density at radius 2 is 2.17 bits per heavy atom. The Bertz CT molecular complexity index is 579. The maximum absolute atomic E-state index is 6.04. The van der Waals surface area contributed by atoms with Crippen molar-refractivity contribution in [1.29, 1.82) is 0 Å². The van der Waals surface area contributed by atoms with Gasteiger partial charge in [0.2, 0.25) is 0 Å². The zero-order valence-electron chi connectivity index (χ0n) is 9.98. The van der Waals surface area contributed by atoms with Crippen LogP contribution in [0.1, 0.15) is 22.8 Å². The van der Waals surface area contributed by atoms with Crippen LogP contribution in [0.3, 0.4) is 0 Å². The quantitative estimate of drug-likeness (QED) is 0.758. The van der Waals surface area contributed by atoms with Gasteiger partial charge in [-0.25, -0.2) is 0 Å². The molecule has 0 amide bonds. The van der Waals surface area contributed by atoms with Gasteiger partial charge in [-0.3, -0.25) is 0 Å². The van der Waals surface area contributed by atoms with E-state index in [4.69, 9.17) is 9.47 Å². The SMILES string of the molecule is [c]1ccc2c(c1)CC(c1cccc3c1CCO3)O2. The van der Waals surface area contributed by atoms with Gasteiger partial charge in [0.1, 0.15) is 17.6 Å². The zero-order valence-corrected chi connectivity index (χ0v) is 9.98. The van der Waals surface area contributed by atoms with Gasteiger partial charge in [-0.15, -0.1) is 0 Å². The van der Waals surface area contributed by atoms with E-state index in [-0.39, 0.29) is 6.10 Å². The van der Waals surface area contributed by atoms with Crippen molar-refractivity contribution >= 4 is 0 Å². The molecule has 18 heavy (non-hydrogen) atoms. The van der Waals surface area contributed by atoms with Crippen LogP contribution in [0.2, 0.25) is 0 Å². The fourth-order valence-electron chi connectivity index (χ4n) is 2.84. The van der Waals surface area contributed by atoms with Crippen molar-refractivity contribution < 1.29 is 9.47 Å². The molecule has 0 N–H and O–H groups in total. The molecular weight excluding hydrogens is 224 g/mol. The molecule has 2 heterocycles. The highest BCUT2D eigenvalue weighted by atomic mass is 16.5. The van der Waals surface area contributed by atoms with E-state index >= 15 is 0 Å². The molecule has 0 saturated heterocycles. The van der Waals surface area contributed by atoms with Gasteiger partial charge in [0.05, 0.1) is 6.61 Å². The van der Waals surface area contributed by atoms with Crippen molar-refractivity contribution in [3.63, 3.8) is 0 Å². The summed E-state index contributed by atoms with van der Waals surface area (Å²) in [4.78, 5) is 0. The van der Waals surface area contributed by atoms with Gasteiger partial charge >= 0.3 is 0 Å². The normalized spacial score (nSPS) is 19.9. The Morgan fingerprint density at radius 1 is 1.17 bits per heavy atom. The number of hydrogen-bond acceptors (Lipinski definition) is 2. The summed E-state index contributed by atoms with van der Waals surface area (Å²) in [5.74, 6) is 2.02. The summed E-state index contributed by atoms with van der Waals surface area (Å²) >= 11 is 0. The molecule has 1 radical (unpaired) electrons. The highest BCUT2D eigenvalue weighted by molar-refractivity contribution is 5.47. The van der Waals surface area contributed by atoms with E-state index in [0.717, 1.165) is 30.9 Å². The standard InChI is InChI=1S/C16H13O2/c1-2-6-14-11(4-1)10-16(18-14)12-5-3-7-15-13(12)8-9-17-15/h2-7,16H,8-10H2. The zero-order chi connectivity index (χ0) is 11.9. The lowest BCUT2D eigenvalue weighted by Gasteiger charge is -2.14. The second-order valence-corrected chi connectivity index (χ2v) is 4.77. The van der Waals surface area contributed by atoms with Crippen LogP contribution in [0.4, 0.5) is 0 Å². The lowest BCUT2D eigenvalue weighted by Crippen LogP contribution is -2.05. The number of rotatable bonds is 1. The smallest absolute Gasteiger partial charge is 0.128 e. The number of benzene rings is 2. The molecule has 0 saturated carbocycles. The predicted octanol–water partition coefficient (Wildman–Crippen LogP) is 3.10. The number of hydrogen-bond donors (Lipinski definition) is 0. The van der Waals surface area contributed by atoms with Crippen LogP contribution in [0.5, 0.6) is 11.5 Å². The van der Waals surface area contributed by atoms with E-state index in [1.165, 1.54) is 16.7 Å². The highest BCUT2D eigenvalue weighted by Gasteiger charge is 2.28. The molecule has 0 spiro atoms. The lowest BCUT2D eigenvalue weighted by molar-refractivity contribution is 0.237. The average molecular weight is 237 g/mol. The Kier molecular flexibility index (Phi) is 2.10. The second-order valence-electron chi connectivity index (χ2n) is 4.77. The minimum atomic E-state index is 0.132. The van der Waals surface area contributed by atoms with Crippen LogP contribution in [-0.4, -0.2) is 6.61 Å². The lowest BCUT2D eigenvalue weighted by atomic mass is 9.97. The third kappa shape index (κ3) is 1.42. The molecule has 2 aliphatic rings. The third-order valence-corrected chi connectivity index (χ3v) is 3.71. The predicted molar refractivity (Wildman–Crippen MR) is 68.0 cm³/mol. The summed E-state index contributed by atoms with van der Waals surface area (Å²) in [7, 11) is 0. The van der Waals surface area contributed by atoms with Crippen LogP contribution in [0.15, 0.2) is 36.4 Å². The Morgan fingerprint density at radius 3 is 3.11 bits per heavy atom. The Balaban J connectivity index is 1.73. The monoisotopic (exact) mass is 237 g/mol. The van der Waals surface area contributed by atoms with Gasteiger partial charge in [0, 0.05) is 18.4 Å². The molecule has 0 fully saturated rings. The van der Waals surface area contributed by atoms with Gasteiger partial charge in [-0.05, 0) is 35.4 Å². The van der Waals surface area contributed by atoms with Crippen LogP contribution in [-0.2, 0) is 12.8 Å². The molecular formula is C16H13O2. The van der Waals surface area contributed by atoms with Gasteiger partial charge in [0.25, 0.3) is 0 Å². The van der Waals surface area contributed by atoms with Gasteiger partial charge < -0.3 is 9.47 Å². The van der Waals surface area contributed by atoms with E-state index in [9.17, 15) is 0 Å². The molecule has 2 aliphatic heterocycles. The van der Waals surface area contributed by atoms with Crippen LogP contribution in [0.25, 0.3) is 0 Å². The summed E-state index contributed by atoms with van der Waals surface area (Å²) < 4.78 is 11.7. The molecule has 0 bridgehead atoms. The maximum Gasteiger partial charge on any atom is 0.128 e. The molecule has 1 unspecified atom stereocenters. The van der Waals surface area contributed by atoms with Crippen LogP contribution < -0.4 is 9.47 Å². The summed E-state index contributed by atoms with van der Waals surface area (Å²) in [6.07, 6.45) is 2.06. The first-order valence-electron chi connectivity index (χ1n) is 6.32. The van der Waals surface area contributed by atoms with Crippen molar-refractivity contribution in [1.82, 2.24) is 0 Å². The second kappa shape index (κ2) is 3.77. The molecule has 4 rings (SSSR count). The third-order valence-electron chi connectivity index (χ3n) is 3.71. The minimum absolute atomic E-state index is 0.132. The fraction of sp³-hybridized carbons (Fsp3) is 0.250. The van der Waals surface area contributed by atoms with Crippen LogP contribution in [0, 0.1) is 6.07 Å². The molecule has 0 aliphatic carbocycles. The molecule has 1 atom stereocenters. The summed E-state index contributed by atoms with van der Waals surface area (Å²) in [5.41, 5.74) is 3.85. The van der Waals surface area contributed by atoms with Gasteiger partial charge in [0.15, 0.2) is 0 Å². The minimum Gasteiger partial charge on any atom is -0.493 e. The molecule has 2 aromatic carbocycles. The van der Waals surface area contributed by atoms with Crippen molar-refractivity contribution in [2.75, 3.05) is 6.61 Å². The summed E-state index contributed by atoms with van der Waals surface area (Å²) in [5, 5.41) is 0. The first-order valence-corrected chi connectivity index (χ1v) is 6.32. The highest BCUT2D eigenvalue weighted by Crippen LogP contribution is 2.40. The number of fused-ring (bicyclic) bond motifs is 2. The van der Waals surface area contributed by atoms with Crippen molar-refractivity contribution in [2.24, 2.45) is 0 Å². The van der Waals surface area contributed by atoms with Crippen LogP contribution >= 0.6 is 0 Å². The van der Waals surface area contributed by atoms with E-state index in [1.54, 1.807) is 0 Å². The van der Waals surface area contributed by atoms with Crippen molar-refractivity contribution in [2.45, 2.75) is 18.9 Å². The molecule has 2 nitrogen and oxygen atoms in total. The fourth-order valence-corrected chi connectivity index (χ4v) is 2.84. The van der Waals surface area contributed by atoms with E-state index in [2.05, 4.69) is 18.2 Å². The first-order chi connectivity index (χ1) is 8.92. The van der Waals surface area contributed by atoms with Gasteiger partial charge in [-0.2, -0.15) is 0 Å². The molecule has 0 aromatic heterocycles. The van der Waals surface area contributed by atoms with E-state index < -0.39 is 0 Å². The molecule has 2 aromatic rings. The molecule has 2 heteroatoms. The van der Waals surface area contributed by atoms with Crippen molar-refractivity contribution in [3.05, 3.63) is 59.2 Å². The molecule has 89 valence electrons. The largest absolute Gasteiger partial charge is 0.493 e. The topological polar surface area (TPSA) is 18.5 Å². The number of ether oxygens (including phenoxy) is 2. The van der Waals surface area contributed by atoms with E-state index in [0.29, 0.717) is 0 Å². The van der Waals surface area contributed by atoms with E-state index in [1.807, 2.05) is 24.3 Å². The summed E-state index contributed by atoms with van der Waals surface area (Å²) in [6, 6.07) is 15.3. The van der Waals surface area contributed by atoms with Crippen molar-refractivity contribution in [3.8, 4) is 11.5 Å². The maximum atomic E-state index is 6.04. The average Bonchev–Trinajstić information content (AvgIpc) is 3.04. The first kappa shape index (κ1) is 10.0. The Hall–Kier alpha value is -1.96. The summed E-state index contributed by atoms with van der Waals surface area (Å²) in [6.45, 7) is 0.791.